The van der Waals surface area contributed by atoms with Crippen LogP contribution in [0.15, 0.2) is 23.1 Å². The van der Waals surface area contributed by atoms with E-state index in [-0.39, 0.29) is 11.5 Å². The van der Waals surface area contributed by atoms with Crippen LogP contribution in [0.4, 0.5) is 10.5 Å². The van der Waals surface area contributed by atoms with Gasteiger partial charge in [0.25, 0.3) is 5.91 Å². The first kappa shape index (κ1) is 14.9. The van der Waals surface area contributed by atoms with Crippen LogP contribution in [0.3, 0.4) is 0 Å². The van der Waals surface area contributed by atoms with Crippen LogP contribution in [0.25, 0.3) is 0 Å². The lowest BCUT2D eigenvalue weighted by atomic mass is 10.2. The Bertz CT molecular complexity index is 631. The van der Waals surface area contributed by atoms with Gasteiger partial charge in [-0.3, -0.25) is 14.9 Å². The molecule has 2 rings (SSSR count). The Kier molecular flexibility index (Phi) is 4.43. The Morgan fingerprint density at radius 3 is 2.86 bits per heavy atom. The molecule has 0 spiro atoms. The molecule has 1 aromatic carbocycles. The summed E-state index contributed by atoms with van der Waals surface area (Å²) in [7, 11) is 0. The summed E-state index contributed by atoms with van der Waals surface area (Å²) in [5.41, 5.74) is 5.45. The van der Waals surface area contributed by atoms with Gasteiger partial charge in [-0.25, -0.2) is 9.59 Å². The lowest BCUT2D eigenvalue weighted by molar-refractivity contribution is -0.123. The summed E-state index contributed by atoms with van der Waals surface area (Å²) in [5.74, 6) is -1.40. The third-order valence-corrected chi connectivity index (χ3v) is 3.52. The van der Waals surface area contributed by atoms with Gasteiger partial charge < -0.3 is 15.8 Å². The van der Waals surface area contributed by atoms with E-state index in [1.807, 2.05) is 0 Å². The average Bonchev–Trinajstić information content (AvgIpc) is 2.43. The lowest BCUT2D eigenvalue weighted by Crippen LogP contribution is -2.37. The van der Waals surface area contributed by atoms with Crippen LogP contribution in [0.2, 0.25) is 0 Å². The number of anilines is 1. The van der Waals surface area contributed by atoms with Crippen molar-refractivity contribution in [2.45, 2.75) is 4.90 Å². The average molecular weight is 309 g/mol. The van der Waals surface area contributed by atoms with E-state index in [2.05, 4.69) is 5.32 Å². The number of hydrogen-bond acceptors (Lipinski definition) is 6. The lowest BCUT2D eigenvalue weighted by Gasteiger charge is -2.16. The quantitative estimate of drug-likeness (QED) is 0.679. The third-order valence-electron chi connectivity index (χ3n) is 2.45. The van der Waals surface area contributed by atoms with Gasteiger partial charge in [0.1, 0.15) is 0 Å². The zero-order valence-electron chi connectivity index (χ0n) is 10.7. The van der Waals surface area contributed by atoms with Crippen molar-refractivity contribution in [3.8, 4) is 0 Å². The smallest absolute Gasteiger partial charge is 0.338 e. The first-order valence-electron chi connectivity index (χ1n) is 5.79. The van der Waals surface area contributed by atoms with Crippen molar-refractivity contribution in [3.05, 3.63) is 23.8 Å². The fourth-order valence-corrected chi connectivity index (χ4v) is 2.39. The molecule has 1 heterocycles. The Labute approximate surface area is 123 Å². The highest BCUT2D eigenvalue weighted by molar-refractivity contribution is 8.00. The van der Waals surface area contributed by atoms with Gasteiger partial charge in [0.15, 0.2) is 6.61 Å². The first-order chi connectivity index (χ1) is 9.95. The number of nitrogens with two attached hydrogens (primary N) is 1. The number of rotatable bonds is 3. The van der Waals surface area contributed by atoms with Crippen molar-refractivity contribution in [2.24, 2.45) is 5.73 Å². The molecule has 4 amide bonds. The highest BCUT2D eigenvalue weighted by atomic mass is 32.2. The number of imide groups is 1. The normalized spacial score (nSPS) is 12.9. The third kappa shape index (κ3) is 3.96. The summed E-state index contributed by atoms with van der Waals surface area (Å²) < 4.78 is 4.73. The SMILES string of the molecule is NC(=O)NC(=O)COC(=O)c1ccc2c(c1)NC(=O)CS2. The van der Waals surface area contributed by atoms with Gasteiger partial charge >= 0.3 is 12.0 Å². The maximum atomic E-state index is 11.8. The summed E-state index contributed by atoms with van der Waals surface area (Å²) in [6, 6.07) is 3.65. The van der Waals surface area contributed by atoms with Gasteiger partial charge in [0.2, 0.25) is 5.91 Å². The van der Waals surface area contributed by atoms with E-state index in [9.17, 15) is 19.2 Å². The molecule has 8 nitrogen and oxygen atoms in total. The van der Waals surface area contributed by atoms with Crippen LogP contribution >= 0.6 is 11.8 Å². The van der Waals surface area contributed by atoms with Gasteiger partial charge in [0.05, 0.1) is 17.0 Å². The summed E-state index contributed by atoms with van der Waals surface area (Å²) >= 11 is 1.36. The van der Waals surface area contributed by atoms with E-state index in [1.54, 1.807) is 11.4 Å². The maximum Gasteiger partial charge on any atom is 0.338 e. The van der Waals surface area contributed by atoms with Crippen LogP contribution in [-0.4, -0.2) is 36.2 Å². The van der Waals surface area contributed by atoms with Gasteiger partial charge in [-0.2, -0.15) is 0 Å². The number of esters is 1. The van der Waals surface area contributed by atoms with Crippen molar-refractivity contribution in [2.75, 3.05) is 17.7 Å². The van der Waals surface area contributed by atoms with Crippen LogP contribution in [0, 0.1) is 0 Å². The number of benzene rings is 1. The minimum Gasteiger partial charge on any atom is -0.452 e. The standard InChI is InChI=1S/C12H11N3O5S/c13-12(19)15-9(16)4-20-11(18)6-1-2-8-7(3-6)14-10(17)5-21-8/h1-3H,4-5H2,(H,14,17)(H3,13,15,16,19). The Balaban J connectivity index is 2.00. The molecule has 1 aliphatic rings. The number of carbonyl (C=O) groups excluding carboxylic acids is 4. The number of thioether (sulfide) groups is 1. The number of amides is 4. The summed E-state index contributed by atoms with van der Waals surface area (Å²) in [6.45, 7) is -0.625. The molecule has 0 atom stereocenters. The second-order valence-electron chi connectivity index (χ2n) is 4.04. The van der Waals surface area contributed by atoms with Crippen molar-refractivity contribution in [3.63, 3.8) is 0 Å². The van der Waals surface area contributed by atoms with Gasteiger partial charge in [-0.1, -0.05) is 0 Å². The van der Waals surface area contributed by atoms with Crippen molar-refractivity contribution in [1.29, 1.82) is 0 Å². The maximum absolute atomic E-state index is 11.8. The van der Waals surface area contributed by atoms with Crippen LogP contribution in [-0.2, 0) is 14.3 Å². The highest BCUT2D eigenvalue weighted by Gasteiger charge is 2.18. The molecular weight excluding hydrogens is 298 g/mol. The van der Waals surface area contributed by atoms with Crippen molar-refractivity contribution < 1.29 is 23.9 Å². The molecule has 0 aromatic heterocycles. The number of nitrogens with one attached hydrogen (secondary N) is 2. The minimum atomic E-state index is -1.02. The van der Waals surface area contributed by atoms with E-state index in [4.69, 9.17) is 10.5 Å². The van der Waals surface area contributed by atoms with Crippen LogP contribution in [0.1, 0.15) is 10.4 Å². The van der Waals surface area contributed by atoms with E-state index >= 15 is 0 Å². The van der Waals surface area contributed by atoms with Crippen LogP contribution < -0.4 is 16.4 Å². The molecular formula is C12H11N3O5S. The number of primary amides is 1. The number of hydrogen-bond donors (Lipinski definition) is 3. The van der Waals surface area contributed by atoms with E-state index in [0.717, 1.165) is 4.90 Å². The predicted octanol–water partition coefficient (Wildman–Crippen LogP) is 0.0825. The van der Waals surface area contributed by atoms with Gasteiger partial charge in [-0.15, -0.1) is 11.8 Å². The van der Waals surface area contributed by atoms with E-state index in [1.165, 1.54) is 23.9 Å². The molecule has 0 unspecified atom stereocenters. The topological polar surface area (TPSA) is 128 Å². The number of carbonyl (C=O) groups is 4. The van der Waals surface area contributed by atoms with Crippen molar-refractivity contribution in [1.82, 2.24) is 5.32 Å². The monoisotopic (exact) mass is 309 g/mol. The molecule has 21 heavy (non-hydrogen) atoms. The molecule has 0 saturated carbocycles. The highest BCUT2D eigenvalue weighted by Crippen LogP contribution is 2.32. The second-order valence-corrected chi connectivity index (χ2v) is 5.05. The molecule has 1 aliphatic heterocycles. The minimum absolute atomic E-state index is 0.154. The summed E-state index contributed by atoms with van der Waals surface area (Å²) in [6.07, 6.45) is 0. The Hall–Kier alpha value is -2.55. The summed E-state index contributed by atoms with van der Waals surface area (Å²) in [4.78, 5) is 45.4. The van der Waals surface area contributed by atoms with Gasteiger partial charge in [0, 0.05) is 4.90 Å². The summed E-state index contributed by atoms with van der Waals surface area (Å²) in [5, 5.41) is 4.41. The molecule has 0 bridgehead atoms. The molecule has 0 aliphatic carbocycles. The zero-order valence-corrected chi connectivity index (χ0v) is 11.5. The molecule has 0 saturated heterocycles. The number of ether oxygens (including phenoxy) is 1. The molecule has 0 fully saturated rings. The fraction of sp³-hybridized carbons (Fsp3) is 0.167. The zero-order chi connectivity index (χ0) is 15.4. The molecule has 110 valence electrons. The number of fused-ring (bicyclic) bond motifs is 1. The number of urea groups is 1. The predicted molar refractivity (Wildman–Crippen MR) is 73.8 cm³/mol. The molecule has 4 N–H and O–H groups in total. The molecule has 1 aromatic rings. The Morgan fingerprint density at radius 2 is 2.14 bits per heavy atom. The van der Waals surface area contributed by atoms with Crippen LogP contribution in [0.5, 0.6) is 0 Å². The van der Waals surface area contributed by atoms with Gasteiger partial charge in [-0.05, 0) is 18.2 Å². The van der Waals surface area contributed by atoms with E-state index in [0.29, 0.717) is 11.4 Å². The van der Waals surface area contributed by atoms with Crippen molar-refractivity contribution >= 4 is 41.3 Å². The second kappa shape index (κ2) is 6.27. The largest absolute Gasteiger partial charge is 0.452 e. The molecule has 9 heteroatoms. The first-order valence-corrected chi connectivity index (χ1v) is 6.77. The Morgan fingerprint density at radius 1 is 1.38 bits per heavy atom. The fourth-order valence-electron chi connectivity index (χ4n) is 1.60. The molecule has 0 radical (unpaired) electrons. The van der Waals surface area contributed by atoms with E-state index < -0.39 is 24.5 Å².